The SMILES string of the molecule is C=C(NCc1nccc(N)n1)C(C)CC. The number of nitrogens with two attached hydrogens (primary N) is 1. The number of nitrogens with zero attached hydrogens (tertiary/aromatic N) is 2. The van der Waals surface area contributed by atoms with Gasteiger partial charge in [0, 0.05) is 11.9 Å². The van der Waals surface area contributed by atoms with Gasteiger partial charge in [-0.1, -0.05) is 20.4 Å². The number of rotatable bonds is 5. The summed E-state index contributed by atoms with van der Waals surface area (Å²) in [6, 6.07) is 1.67. The number of allylic oxidation sites excluding steroid dienone is 1. The summed E-state index contributed by atoms with van der Waals surface area (Å²) in [7, 11) is 0. The molecule has 0 amide bonds. The molecule has 0 radical (unpaired) electrons. The predicted octanol–water partition coefficient (Wildman–Crippen LogP) is 1.71. The maximum absolute atomic E-state index is 5.55. The van der Waals surface area contributed by atoms with E-state index in [2.05, 4.69) is 35.7 Å². The lowest BCUT2D eigenvalue weighted by molar-refractivity contribution is 0.582. The third-order valence-electron chi connectivity index (χ3n) is 2.41. The van der Waals surface area contributed by atoms with Crippen LogP contribution in [0.15, 0.2) is 24.5 Å². The summed E-state index contributed by atoms with van der Waals surface area (Å²) >= 11 is 0. The molecule has 1 aromatic heterocycles. The highest BCUT2D eigenvalue weighted by molar-refractivity contribution is 5.25. The molecule has 0 saturated carbocycles. The van der Waals surface area contributed by atoms with E-state index in [0.717, 1.165) is 12.1 Å². The molecule has 1 heterocycles. The normalized spacial score (nSPS) is 12.1. The quantitative estimate of drug-likeness (QED) is 0.769. The number of hydrogen-bond acceptors (Lipinski definition) is 4. The first-order valence-corrected chi connectivity index (χ1v) is 5.13. The molecule has 0 fully saturated rings. The predicted molar refractivity (Wildman–Crippen MR) is 61.9 cm³/mol. The van der Waals surface area contributed by atoms with Gasteiger partial charge in [-0.3, -0.25) is 0 Å². The van der Waals surface area contributed by atoms with E-state index in [0.29, 0.717) is 24.1 Å². The van der Waals surface area contributed by atoms with E-state index in [1.807, 2.05) is 0 Å². The molecule has 1 aromatic rings. The average Bonchev–Trinajstić information content (AvgIpc) is 2.25. The second-order valence-electron chi connectivity index (χ2n) is 3.59. The van der Waals surface area contributed by atoms with Crippen LogP contribution in [-0.4, -0.2) is 9.97 Å². The van der Waals surface area contributed by atoms with Crippen LogP contribution in [0, 0.1) is 5.92 Å². The Morgan fingerprint density at radius 3 is 3.00 bits per heavy atom. The van der Waals surface area contributed by atoms with Crippen molar-refractivity contribution >= 4 is 5.82 Å². The van der Waals surface area contributed by atoms with Crippen molar-refractivity contribution in [2.24, 2.45) is 5.92 Å². The fraction of sp³-hybridized carbons (Fsp3) is 0.455. The van der Waals surface area contributed by atoms with Crippen LogP contribution in [0.3, 0.4) is 0 Å². The molecular formula is C11H18N4. The zero-order chi connectivity index (χ0) is 11.3. The molecule has 82 valence electrons. The van der Waals surface area contributed by atoms with Crippen LogP contribution in [0.1, 0.15) is 26.1 Å². The first-order valence-electron chi connectivity index (χ1n) is 5.13. The summed E-state index contributed by atoms with van der Waals surface area (Å²) in [6.07, 6.45) is 2.73. The summed E-state index contributed by atoms with van der Waals surface area (Å²) in [5.74, 6) is 1.65. The Kier molecular flexibility index (Phi) is 4.09. The first kappa shape index (κ1) is 11.5. The molecule has 0 aliphatic carbocycles. The highest BCUT2D eigenvalue weighted by Crippen LogP contribution is 2.09. The van der Waals surface area contributed by atoms with Gasteiger partial charge in [-0.2, -0.15) is 0 Å². The van der Waals surface area contributed by atoms with Gasteiger partial charge in [0.05, 0.1) is 6.54 Å². The van der Waals surface area contributed by atoms with Crippen LogP contribution in [0.25, 0.3) is 0 Å². The van der Waals surface area contributed by atoms with Crippen molar-refractivity contribution in [1.82, 2.24) is 15.3 Å². The van der Waals surface area contributed by atoms with E-state index < -0.39 is 0 Å². The summed E-state index contributed by atoms with van der Waals surface area (Å²) in [5.41, 5.74) is 6.57. The van der Waals surface area contributed by atoms with Crippen molar-refractivity contribution in [3.05, 3.63) is 30.4 Å². The van der Waals surface area contributed by atoms with Crippen molar-refractivity contribution in [3.63, 3.8) is 0 Å². The van der Waals surface area contributed by atoms with Crippen LogP contribution in [0.5, 0.6) is 0 Å². The minimum Gasteiger partial charge on any atom is -0.384 e. The number of aromatic nitrogens is 2. The average molecular weight is 206 g/mol. The number of nitrogens with one attached hydrogen (secondary N) is 1. The van der Waals surface area contributed by atoms with E-state index in [1.54, 1.807) is 12.3 Å². The zero-order valence-corrected chi connectivity index (χ0v) is 9.33. The molecule has 1 atom stereocenters. The summed E-state index contributed by atoms with van der Waals surface area (Å²) < 4.78 is 0. The van der Waals surface area contributed by atoms with Gasteiger partial charge in [0.1, 0.15) is 11.6 Å². The lowest BCUT2D eigenvalue weighted by Crippen LogP contribution is -2.18. The zero-order valence-electron chi connectivity index (χ0n) is 9.33. The fourth-order valence-corrected chi connectivity index (χ4v) is 1.11. The highest BCUT2D eigenvalue weighted by Gasteiger charge is 2.04. The molecule has 3 N–H and O–H groups in total. The molecule has 4 nitrogen and oxygen atoms in total. The Morgan fingerprint density at radius 2 is 2.40 bits per heavy atom. The van der Waals surface area contributed by atoms with Crippen molar-refractivity contribution < 1.29 is 0 Å². The fourth-order valence-electron chi connectivity index (χ4n) is 1.11. The second-order valence-corrected chi connectivity index (χ2v) is 3.59. The largest absolute Gasteiger partial charge is 0.384 e. The molecule has 0 aromatic carbocycles. The molecule has 0 spiro atoms. The molecule has 1 unspecified atom stereocenters. The van der Waals surface area contributed by atoms with Gasteiger partial charge in [0.2, 0.25) is 0 Å². The van der Waals surface area contributed by atoms with Crippen molar-refractivity contribution in [2.75, 3.05) is 5.73 Å². The summed E-state index contributed by atoms with van der Waals surface area (Å²) in [6.45, 7) is 8.81. The maximum atomic E-state index is 5.55. The van der Waals surface area contributed by atoms with Crippen LogP contribution in [-0.2, 0) is 6.54 Å². The van der Waals surface area contributed by atoms with Crippen LogP contribution in [0.4, 0.5) is 5.82 Å². The molecule has 4 heteroatoms. The molecular weight excluding hydrogens is 188 g/mol. The third-order valence-corrected chi connectivity index (χ3v) is 2.41. The van der Waals surface area contributed by atoms with Crippen LogP contribution >= 0.6 is 0 Å². The van der Waals surface area contributed by atoms with Crippen molar-refractivity contribution in [1.29, 1.82) is 0 Å². The molecule has 1 rings (SSSR count). The van der Waals surface area contributed by atoms with Gasteiger partial charge in [0.15, 0.2) is 0 Å². The molecule has 0 aliphatic heterocycles. The Labute approximate surface area is 90.6 Å². The number of anilines is 1. The van der Waals surface area contributed by atoms with Gasteiger partial charge in [0.25, 0.3) is 0 Å². The van der Waals surface area contributed by atoms with Gasteiger partial charge >= 0.3 is 0 Å². The van der Waals surface area contributed by atoms with E-state index in [4.69, 9.17) is 5.73 Å². The van der Waals surface area contributed by atoms with Crippen molar-refractivity contribution in [2.45, 2.75) is 26.8 Å². The highest BCUT2D eigenvalue weighted by atomic mass is 15.0. The Morgan fingerprint density at radius 1 is 1.67 bits per heavy atom. The smallest absolute Gasteiger partial charge is 0.149 e. The monoisotopic (exact) mass is 206 g/mol. The van der Waals surface area contributed by atoms with Gasteiger partial charge in [-0.05, 0) is 18.4 Å². The maximum Gasteiger partial charge on any atom is 0.149 e. The standard InChI is InChI=1S/C11H18N4/c1-4-8(2)9(3)14-7-11-13-6-5-10(12)15-11/h5-6,8,14H,3-4,7H2,1-2H3,(H2,12,13,15). The van der Waals surface area contributed by atoms with Gasteiger partial charge in [-0.25, -0.2) is 9.97 Å². The third kappa shape index (κ3) is 3.58. The van der Waals surface area contributed by atoms with E-state index in [-0.39, 0.29) is 0 Å². The van der Waals surface area contributed by atoms with Gasteiger partial charge < -0.3 is 11.1 Å². The minimum absolute atomic E-state index is 0.464. The Bertz CT molecular complexity index is 335. The second kappa shape index (κ2) is 5.34. The lowest BCUT2D eigenvalue weighted by atomic mass is 10.1. The summed E-state index contributed by atoms with van der Waals surface area (Å²) in [4.78, 5) is 8.20. The molecule has 0 aliphatic rings. The Balaban J connectivity index is 2.47. The Hall–Kier alpha value is -1.58. The van der Waals surface area contributed by atoms with Crippen molar-refractivity contribution in [3.8, 4) is 0 Å². The molecule has 0 bridgehead atoms. The van der Waals surface area contributed by atoms with E-state index >= 15 is 0 Å². The number of hydrogen-bond donors (Lipinski definition) is 2. The first-order chi connectivity index (χ1) is 7.13. The van der Waals surface area contributed by atoms with Crippen LogP contribution in [0.2, 0.25) is 0 Å². The molecule has 0 saturated heterocycles. The number of nitrogen functional groups attached to an aromatic ring is 1. The van der Waals surface area contributed by atoms with E-state index in [1.165, 1.54) is 0 Å². The summed E-state index contributed by atoms with van der Waals surface area (Å²) in [5, 5.41) is 3.20. The van der Waals surface area contributed by atoms with Crippen LogP contribution < -0.4 is 11.1 Å². The topological polar surface area (TPSA) is 63.8 Å². The van der Waals surface area contributed by atoms with E-state index in [9.17, 15) is 0 Å². The van der Waals surface area contributed by atoms with Gasteiger partial charge in [-0.15, -0.1) is 0 Å². The lowest BCUT2D eigenvalue weighted by Gasteiger charge is -2.14. The minimum atomic E-state index is 0.464. The molecule has 15 heavy (non-hydrogen) atoms.